The predicted molar refractivity (Wildman–Crippen MR) is 138 cm³/mol. The van der Waals surface area contributed by atoms with E-state index < -0.39 is 6.10 Å². The van der Waals surface area contributed by atoms with Crippen LogP contribution in [0.4, 0.5) is 17.5 Å². The molecule has 11 nitrogen and oxygen atoms in total. The molecule has 1 atom stereocenters. The van der Waals surface area contributed by atoms with Gasteiger partial charge in [0.25, 0.3) is 0 Å². The van der Waals surface area contributed by atoms with Gasteiger partial charge in [-0.05, 0) is 30.0 Å². The van der Waals surface area contributed by atoms with Gasteiger partial charge in [-0.3, -0.25) is 4.68 Å². The summed E-state index contributed by atoms with van der Waals surface area (Å²) in [6.45, 7) is 3.77. The Balaban J connectivity index is 1.22. The number of nitrogens with two attached hydrogens (primary N) is 1. The van der Waals surface area contributed by atoms with E-state index in [0.29, 0.717) is 36.2 Å². The van der Waals surface area contributed by atoms with Crippen LogP contribution in [0, 0.1) is 6.92 Å². The van der Waals surface area contributed by atoms with Crippen molar-refractivity contribution >= 4 is 28.2 Å². The van der Waals surface area contributed by atoms with Crippen molar-refractivity contribution in [2.24, 2.45) is 0 Å². The largest absolute Gasteiger partial charge is 0.475 e. The number of hydrogen-bond donors (Lipinski definition) is 3. The molecule has 11 heteroatoms. The zero-order chi connectivity index (χ0) is 25.1. The van der Waals surface area contributed by atoms with Gasteiger partial charge in [-0.15, -0.1) is 0 Å². The lowest BCUT2D eigenvalue weighted by Crippen LogP contribution is -2.26. The van der Waals surface area contributed by atoms with Crippen molar-refractivity contribution in [2.45, 2.75) is 39.0 Å². The van der Waals surface area contributed by atoms with E-state index in [-0.39, 0.29) is 6.61 Å². The first-order chi connectivity index (χ1) is 18.0. The first-order valence-corrected chi connectivity index (χ1v) is 12.2. The molecule has 186 valence electrons. The Kier molecular flexibility index (Phi) is 4.86. The Labute approximate surface area is 212 Å². The molecule has 1 unspecified atom stereocenters. The number of pyridine rings is 3. The number of nitrogen functional groups attached to an aromatic ring is 1. The van der Waals surface area contributed by atoms with Gasteiger partial charge in [0.15, 0.2) is 5.82 Å². The molecule has 2 aliphatic heterocycles. The van der Waals surface area contributed by atoms with Crippen molar-refractivity contribution < 1.29 is 9.84 Å². The fraction of sp³-hybridized carbons (Fsp3) is 0.269. The minimum atomic E-state index is -0.544. The summed E-state index contributed by atoms with van der Waals surface area (Å²) in [5, 5.41) is 19.8. The average Bonchev–Trinajstić information content (AvgIpc) is 3.45. The Morgan fingerprint density at radius 1 is 1.14 bits per heavy atom. The molecule has 0 spiro atoms. The zero-order valence-electron chi connectivity index (χ0n) is 20.2. The van der Waals surface area contributed by atoms with Crippen molar-refractivity contribution in [2.75, 3.05) is 17.7 Å². The number of aryl methyl sites for hydroxylation is 2. The van der Waals surface area contributed by atoms with Crippen LogP contribution in [0.5, 0.6) is 5.88 Å². The summed E-state index contributed by atoms with van der Waals surface area (Å²) in [7, 11) is 0. The Hall–Kier alpha value is -4.51. The lowest BCUT2D eigenvalue weighted by atomic mass is 9.96. The molecular formula is C26H25N9O2. The first kappa shape index (κ1) is 21.7. The molecule has 0 bridgehead atoms. The smallest absolute Gasteiger partial charge is 0.216 e. The van der Waals surface area contributed by atoms with Crippen molar-refractivity contribution in [3.63, 3.8) is 0 Å². The summed E-state index contributed by atoms with van der Waals surface area (Å²) in [6, 6.07) is 5.99. The number of fused-ring (bicyclic) bond motifs is 4. The van der Waals surface area contributed by atoms with E-state index in [1.54, 1.807) is 12.4 Å². The second-order valence-electron chi connectivity index (χ2n) is 9.52. The molecular weight excluding hydrogens is 470 g/mol. The highest BCUT2D eigenvalue weighted by Crippen LogP contribution is 2.34. The number of hydrogen-bond acceptors (Lipinski definition) is 9. The highest BCUT2D eigenvalue weighted by atomic mass is 16.5. The molecule has 0 amide bonds. The van der Waals surface area contributed by atoms with Crippen molar-refractivity contribution in [1.82, 2.24) is 34.3 Å². The molecule has 0 aromatic carbocycles. The van der Waals surface area contributed by atoms with Gasteiger partial charge in [0.2, 0.25) is 5.88 Å². The topological polar surface area (TPSA) is 142 Å². The molecule has 2 aliphatic rings. The summed E-state index contributed by atoms with van der Waals surface area (Å²) in [5.74, 6) is 3.36. The Morgan fingerprint density at radius 3 is 2.97 bits per heavy atom. The van der Waals surface area contributed by atoms with Gasteiger partial charge in [0.05, 0.1) is 18.3 Å². The number of anilines is 3. The van der Waals surface area contributed by atoms with Crippen molar-refractivity contribution in [1.29, 1.82) is 0 Å². The third-order valence-electron chi connectivity index (χ3n) is 7.12. The van der Waals surface area contributed by atoms with Crippen LogP contribution in [0.15, 0.2) is 43.0 Å². The number of nitrogens with one attached hydrogen (secondary N) is 1. The third-order valence-corrected chi connectivity index (χ3v) is 7.12. The number of aliphatic hydroxyl groups excluding tert-OH is 1. The highest BCUT2D eigenvalue weighted by Gasteiger charge is 2.23. The third kappa shape index (κ3) is 3.75. The minimum absolute atomic E-state index is 0.257. The lowest BCUT2D eigenvalue weighted by molar-refractivity contribution is 0.0884. The van der Waals surface area contributed by atoms with Crippen LogP contribution in [-0.2, 0) is 25.9 Å². The molecule has 5 aromatic heterocycles. The normalized spacial score (nSPS) is 16.4. The summed E-state index contributed by atoms with van der Waals surface area (Å²) in [4.78, 5) is 18.1. The van der Waals surface area contributed by atoms with Gasteiger partial charge in [-0.1, -0.05) is 0 Å². The average molecular weight is 496 g/mol. The molecule has 4 N–H and O–H groups in total. The number of imidazole rings is 1. The summed E-state index contributed by atoms with van der Waals surface area (Å²) >= 11 is 0. The van der Waals surface area contributed by atoms with Gasteiger partial charge < -0.3 is 25.5 Å². The van der Waals surface area contributed by atoms with E-state index in [9.17, 15) is 5.11 Å². The molecule has 0 saturated carbocycles. The second kappa shape index (κ2) is 8.27. The van der Waals surface area contributed by atoms with Crippen LogP contribution in [0.3, 0.4) is 0 Å². The fourth-order valence-electron chi connectivity index (χ4n) is 5.14. The van der Waals surface area contributed by atoms with Crippen LogP contribution >= 0.6 is 0 Å². The van der Waals surface area contributed by atoms with Crippen LogP contribution in [-0.4, -0.2) is 52.1 Å². The molecule has 7 rings (SSSR count). The molecule has 0 aliphatic carbocycles. The maximum absolute atomic E-state index is 10.1. The van der Waals surface area contributed by atoms with Crippen LogP contribution < -0.4 is 15.8 Å². The summed E-state index contributed by atoms with van der Waals surface area (Å²) < 4.78 is 9.74. The quantitative estimate of drug-likeness (QED) is 0.344. The maximum atomic E-state index is 10.1. The first-order valence-electron chi connectivity index (χ1n) is 12.2. The molecule has 5 aromatic rings. The lowest BCUT2D eigenvalue weighted by Gasteiger charge is -2.23. The number of nitrogens with zero attached hydrogens (tertiary/aromatic N) is 7. The van der Waals surface area contributed by atoms with E-state index in [1.807, 2.05) is 36.1 Å². The highest BCUT2D eigenvalue weighted by molar-refractivity contribution is 5.94. The summed E-state index contributed by atoms with van der Waals surface area (Å²) in [5.41, 5.74) is 10.9. The Morgan fingerprint density at radius 2 is 2.05 bits per heavy atom. The monoisotopic (exact) mass is 495 g/mol. The minimum Gasteiger partial charge on any atom is -0.475 e. The van der Waals surface area contributed by atoms with E-state index in [0.717, 1.165) is 57.8 Å². The second-order valence-corrected chi connectivity index (χ2v) is 9.52. The van der Waals surface area contributed by atoms with Crippen LogP contribution in [0.1, 0.15) is 22.6 Å². The number of aromatic nitrogens is 7. The number of aliphatic hydroxyl groups is 1. The van der Waals surface area contributed by atoms with Gasteiger partial charge >= 0.3 is 0 Å². The van der Waals surface area contributed by atoms with Crippen molar-refractivity contribution in [3.8, 4) is 17.1 Å². The van der Waals surface area contributed by atoms with Gasteiger partial charge in [0, 0.05) is 72.4 Å². The summed E-state index contributed by atoms with van der Waals surface area (Å²) in [6.07, 6.45) is 8.15. The number of rotatable bonds is 3. The van der Waals surface area contributed by atoms with Crippen LogP contribution in [0.25, 0.3) is 22.0 Å². The predicted octanol–water partition coefficient (Wildman–Crippen LogP) is 2.62. The molecule has 7 heterocycles. The van der Waals surface area contributed by atoms with Crippen LogP contribution in [0.2, 0.25) is 0 Å². The standard InChI is InChI=1S/C26H25N9O2/c1-14-18-9-17(36)13-37-26(18)30-10-19(14)21-6-15-7-22(29-11-20(15)25(27)31-21)32-23-8-16-2-4-34-5-3-28-24(34)12-35(16)33-23/h3,5-8,10-11,17,36H,2,4,9,12-13H2,1H3,(H2,27,31)(H,29,32,33). The molecule has 37 heavy (non-hydrogen) atoms. The SMILES string of the molecule is Cc1c(-c2cc3cc(Nc4cc5n(n4)Cc4nccn4CC5)ncc3c(N)n2)cnc2c1CC(O)CO2. The van der Waals surface area contributed by atoms with Gasteiger partial charge in [0.1, 0.15) is 24.1 Å². The molecule has 0 fully saturated rings. The Bertz CT molecular complexity index is 1670. The zero-order valence-corrected chi connectivity index (χ0v) is 20.2. The van der Waals surface area contributed by atoms with E-state index >= 15 is 0 Å². The van der Waals surface area contributed by atoms with Crippen molar-refractivity contribution in [3.05, 3.63) is 65.6 Å². The van der Waals surface area contributed by atoms with E-state index in [4.69, 9.17) is 15.6 Å². The molecule has 0 radical (unpaired) electrons. The van der Waals surface area contributed by atoms with E-state index in [2.05, 4.69) is 35.9 Å². The maximum Gasteiger partial charge on any atom is 0.216 e. The van der Waals surface area contributed by atoms with E-state index in [1.165, 1.54) is 0 Å². The molecule has 0 saturated heterocycles. The number of ether oxygens (including phenoxy) is 1. The fourth-order valence-corrected chi connectivity index (χ4v) is 5.14. The van der Waals surface area contributed by atoms with Gasteiger partial charge in [-0.2, -0.15) is 5.10 Å². The van der Waals surface area contributed by atoms with Gasteiger partial charge in [-0.25, -0.2) is 19.9 Å².